The summed E-state index contributed by atoms with van der Waals surface area (Å²) in [6.07, 6.45) is 1.79. The van der Waals surface area contributed by atoms with E-state index in [2.05, 4.69) is 12.1 Å². The maximum absolute atomic E-state index is 6.22. The summed E-state index contributed by atoms with van der Waals surface area (Å²) in [7, 11) is 0. The van der Waals surface area contributed by atoms with Gasteiger partial charge < -0.3 is 10.2 Å². The molecule has 0 amide bonds. The number of halogens is 1. The number of para-hydroxylation sites is 1. The Labute approximate surface area is 123 Å². The van der Waals surface area contributed by atoms with E-state index >= 15 is 0 Å². The van der Waals surface area contributed by atoms with Crippen LogP contribution in [-0.2, 0) is 6.42 Å². The van der Waals surface area contributed by atoms with Crippen molar-refractivity contribution in [3.05, 3.63) is 70.9 Å². The standard InChI is InChI=1S/C17H16ClNO/c18-14-8-4-7-13-11-16(20-17(13)14)15(19)10-9-12-5-2-1-3-6-12/h1-8,11,15H,9-10,19H2. The minimum absolute atomic E-state index is 0.112. The molecule has 3 heteroatoms. The van der Waals surface area contributed by atoms with Crippen molar-refractivity contribution in [1.29, 1.82) is 0 Å². The zero-order valence-electron chi connectivity index (χ0n) is 11.1. The largest absolute Gasteiger partial charge is 0.458 e. The lowest BCUT2D eigenvalue weighted by Crippen LogP contribution is -2.10. The van der Waals surface area contributed by atoms with Crippen molar-refractivity contribution in [2.45, 2.75) is 18.9 Å². The molecule has 2 aromatic carbocycles. The molecule has 2 nitrogen and oxygen atoms in total. The van der Waals surface area contributed by atoms with Gasteiger partial charge in [-0.1, -0.05) is 54.1 Å². The first-order chi connectivity index (χ1) is 9.74. The number of hydrogen-bond acceptors (Lipinski definition) is 2. The number of furan rings is 1. The topological polar surface area (TPSA) is 39.2 Å². The summed E-state index contributed by atoms with van der Waals surface area (Å²) in [6, 6.07) is 17.9. The molecule has 0 fully saturated rings. The second kappa shape index (κ2) is 5.70. The molecule has 0 saturated heterocycles. The van der Waals surface area contributed by atoms with Crippen LogP contribution < -0.4 is 5.73 Å². The summed E-state index contributed by atoms with van der Waals surface area (Å²) in [5.74, 6) is 0.795. The van der Waals surface area contributed by atoms with Crippen LogP contribution in [0, 0.1) is 0 Å². The number of hydrogen-bond donors (Lipinski definition) is 1. The Bertz CT molecular complexity index is 705. The molecule has 20 heavy (non-hydrogen) atoms. The van der Waals surface area contributed by atoms with Crippen LogP contribution in [0.5, 0.6) is 0 Å². The van der Waals surface area contributed by atoms with Gasteiger partial charge in [-0.25, -0.2) is 0 Å². The van der Waals surface area contributed by atoms with Crippen LogP contribution in [0.1, 0.15) is 23.8 Å². The number of aryl methyl sites for hydroxylation is 1. The molecule has 0 aliphatic carbocycles. The molecule has 3 aromatic rings. The zero-order chi connectivity index (χ0) is 13.9. The van der Waals surface area contributed by atoms with E-state index in [-0.39, 0.29) is 6.04 Å². The van der Waals surface area contributed by atoms with Crippen molar-refractivity contribution in [2.75, 3.05) is 0 Å². The highest BCUT2D eigenvalue weighted by atomic mass is 35.5. The molecule has 2 N–H and O–H groups in total. The summed E-state index contributed by atoms with van der Waals surface area (Å²) in [5, 5.41) is 1.63. The Morgan fingerprint density at radius 1 is 1.05 bits per heavy atom. The van der Waals surface area contributed by atoms with Gasteiger partial charge in [0.05, 0.1) is 11.1 Å². The second-order valence-electron chi connectivity index (χ2n) is 4.94. The van der Waals surface area contributed by atoms with Gasteiger partial charge in [0.1, 0.15) is 5.76 Å². The Morgan fingerprint density at radius 3 is 2.60 bits per heavy atom. The molecule has 0 saturated carbocycles. The zero-order valence-corrected chi connectivity index (χ0v) is 11.8. The van der Waals surface area contributed by atoms with E-state index in [1.165, 1.54) is 5.56 Å². The Kier molecular flexibility index (Phi) is 3.77. The van der Waals surface area contributed by atoms with Crippen LogP contribution >= 0.6 is 11.6 Å². The summed E-state index contributed by atoms with van der Waals surface area (Å²) in [4.78, 5) is 0. The smallest absolute Gasteiger partial charge is 0.152 e. The van der Waals surface area contributed by atoms with Gasteiger partial charge in [0.2, 0.25) is 0 Å². The van der Waals surface area contributed by atoms with Crippen molar-refractivity contribution < 1.29 is 4.42 Å². The molecule has 0 radical (unpaired) electrons. The highest BCUT2D eigenvalue weighted by Gasteiger charge is 2.13. The van der Waals surface area contributed by atoms with Crippen LogP contribution in [0.3, 0.4) is 0 Å². The van der Waals surface area contributed by atoms with Gasteiger partial charge in [-0.15, -0.1) is 0 Å². The van der Waals surface area contributed by atoms with Crippen molar-refractivity contribution in [1.82, 2.24) is 0 Å². The SMILES string of the molecule is NC(CCc1ccccc1)c1cc2cccc(Cl)c2o1. The lowest BCUT2D eigenvalue weighted by atomic mass is 10.0. The van der Waals surface area contributed by atoms with Crippen LogP contribution in [0.15, 0.2) is 59.0 Å². The van der Waals surface area contributed by atoms with E-state index in [4.69, 9.17) is 21.8 Å². The third-order valence-corrected chi connectivity index (χ3v) is 3.77. The third kappa shape index (κ3) is 2.72. The lowest BCUT2D eigenvalue weighted by Gasteiger charge is -2.08. The van der Waals surface area contributed by atoms with Gasteiger partial charge in [-0.3, -0.25) is 0 Å². The van der Waals surface area contributed by atoms with E-state index in [1.54, 1.807) is 0 Å². The Hall–Kier alpha value is -1.77. The van der Waals surface area contributed by atoms with E-state index in [0.29, 0.717) is 5.02 Å². The maximum atomic E-state index is 6.22. The molecular weight excluding hydrogens is 270 g/mol. The summed E-state index contributed by atoms with van der Waals surface area (Å²) < 4.78 is 5.79. The minimum atomic E-state index is -0.112. The van der Waals surface area contributed by atoms with Gasteiger partial charge in [-0.2, -0.15) is 0 Å². The van der Waals surface area contributed by atoms with Crippen molar-refractivity contribution >= 4 is 22.6 Å². The van der Waals surface area contributed by atoms with Gasteiger partial charge in [0, 0.05) is 5.39 Å². The van der Waals surface area contributed by atoms with Gasteiger partial charge in [-0.05, 0) is 30.5 Å². The van der Waals surface area contributed by atoms with Crippen molar-refractivity contribution in [3.63, 3.8) is 0 Å². The average molecular weight is 286 g/mol. The molecule has 0 aliphatic rings. The van der Waals surface area contributed by atoms with Gasteiger partial charge in [0.15, 0.2) is 5.58 Å². The molecule has 3 rings (SSSR count). The quantitative estimate of drug-likeness (QED) is 0.753. The highest BCUT2D eigenvalue weighted by molar-refractivity contribution is 6.34. The second-order valence-corrected chi connectivity index (χ2v) is 5.34. The Morgan fingerprint density at radius 2 is 1.85 bits per heavy atom. The molecule has 0 bridgehead atoms. The molecular formula is C17H16ClNO. The van der Waals surface area contributed by atoms with Crippen LogP contribution in [-0.4, -0.2) is 0 Å². The monoisotopic (exact) mass is 285 g/mol. The fourth-order valence-electron chi connectivity index (χ4n) is 2.34. The van der Waals surface area contributed by atoms with E-state index in [0.717, 1.165) is 29.6 Å². The maximum Gasteiger partial charge on any atom is 0.152 e. The molecule has 102 valence electrons. The summed E-state index contributed by atoms with van der Waals surface area (Å²) >= 11 is 6.11. The van der Waals surface area contributed by atoms with E-state index < -0.39 is 0 Å². The molecule has 1 heterocycles. The van der Waals surface area contributed by atoms with Gasteiger partial charge >= 0.3 is 0 Å². The summed E-state index contributed by atoms with van der Waals surface area (Å²) in [6.45, 7) is 0. The van der Waals surface area contributed by atoms with Gasteiger partial charge in [0.25, 0.3) is 0 Å². The molecule has 1 atom stereocenters. The predicted molar refractivity (Wildman–Crippen MR) is 82.9 cm³/mol. The normalized spacial score (nSPS) is 12.7. The van der Waals surface area contributed by atoms with Crippen LogP contribution in [0.4, 0.5) is 0 Å². The Balaban J connectivity index is 1.75. The lowest BCUT2D eigenvalue weighted by molar-refractivity contribution is 0.478. The highest BCUT2D eigenvalue weighted by Crippen LogP contribution is 2.29. The summed E-state index contributed by atoms with van der Waals surface area (Å²) in [5.41, 5.74) is 8.23. The average Bonchev–Trinajstić information content (AvgIpc) is 2.91. The molecule has 1 aromatic heterocycles. The molecule has 1 unspecified atom stereocenters. The number of nitrogens with two attached hydrogens (primary N) is 1. The number of rotatable bonds is 4. The van der Waals surface area contributed by atoms with Crippen molar-refractivity contribution in [2.24, 2.45) is 5.73 Å². The number of benzene rings is 2. The van der Waals surface area contributed by atoms with Crippen LogP contribution in [0.2, 0.25) is 5.02 Å². The molecule has 0 spiro atoms. The first-order valence-electron chi connectivity index (χ1n) is 6.71. The molecule has 0 aliphatic heterocycles. The van der Waals surface area contributed by atoms with E-state index in [9.17, 15) is 0 Å². The fraction of sp³-hybridized carbons (Fsp3) is 0.176. The minimum Gasteiger partial charge on any atom is -0.458 e. The first kappa shape index (κ1) is 13.2. The first-order valence-corrected chi connectivity index (χ1v) is 7.09. The third-order valence-electron chi connectivity index (χ3n) is 3.47. The number of fused-ring (bicyclic) bond motifs is 1. The van der Waals surface area contributed by atoms with E-state index in [1.807, 2.05) is 42.5 Å². The van der Waals surface area contributed by atoms with Crippen molar-refractivity contribution in [3.8, 4) is 0 Å². The predicted octanol–water partition coefficient (Wildman–Crippen LogP) is 4.72. The van der Waals surface area contributed by atoms with Crippen LogP contribution in [0.25, 0.3) is 11.0 Å². The fourth-order valence-corrected chi connectivity index (χ4v) is 2.56.